The first-order valence-electron chi connectivity index (χ1n) is 6.81. The van der Waals surface area contributed by atoms with Crippen molar-refractivity contribution in [3.63, 3.8) is 0 Å². The number of carbonyl (C=O) groups excluding carboxylic acids is 1. The lowest BCUT2D eigenvalue weighted by molar-refractivity contribution is -0.141. The van der Waals surface area contributed by atoms with Gasteiger partial charge in [-0.3, -0.25) is 9.69 Å². The molecule has 0 aromatic heterocycles. The van der Waals surface area contributed by atoms with Crippen LogP contribution in [0.5, 0.6) is 0 Å². The number of carboxylic acids is 1. The fourth-order valence-electron chi connectivity index (χ4n) is 2.34. The fourth-order valence-corrected chi connectivity index (χ4v) is 2.34. The van der Waals surface area contributed by atoms with Crippen LogP contribution in [0.1, 0.15) is 27.2 Å². The van der Waals surface area contributed by atoms with Crippen molar-refractivity contribution in [1.29, 1.82) is 0 Å². The van der Waals surface area contributed by atoms with Crippen molar-refractivity contribution in [2.24, 2.45) is 0 Å². The number of nitrogens with one attached hydrogen (secondary N) is 1. The van der Waals surface area contributed by atoms with Crippen LogP contribution in [0.4, 0.5) is 4.79 Å². The summed E-state index contributed by atoms with van der Waals surface area (Å²) in [5, 5.41) is 21.1. The second kappa shape index (κ2) is 6.41. The maximum absolute atomic E-state index is 12.1. The molecular formula is C13H25N3O4. The molecule has 1 heterocycles. The fraction of sp³-hybridized carbons (Fsp3) is 0.846. The van der Waals surface area contributed by atoms with Crippen LogP contribution in [0, 0.1) is 0 Å². The van der Waals surface area contributed by atoms with Crippen LogP contribution in [0.3, 0.4) is 0 Å². The van der Waals surface area contributed by atoms with Crippen LogP contribution in [0.15, 0.2) is 0 Å². The van der Waals surface area contributed by atoms with Crippen LogP contribution in [-0.2, 0) is 4.79 Å². The second-order valence-corrected chi connectivity index (χ2v) is 5.99. The quantitative estimate of drug-likeness (QED) is 0.674. The first-order chi connectivity index (χ1) is 9.12. The highest BCUT2D eigenvalue weighted by atomic mass is 16.4. The van der Waals surface area contributed by atoms with E-state index in [1.165, 1.54) is 6.92 Å². The highest BCUT2D eigenvalue weighted by Crippen LogP contribution is 2.14. The highest BCUT2D eigenvalue weighted by Gasteiger charge is 2.31. The minimum Gasteiger partial charge on any atom is -0.481 e. The van der Waals surface area contributed by atoms with Gasteiger partial charge in [0, 0.05) is 31.7 Å². The number of carboxylic acid groups (broad SMARTS) is 1. The van der Waals surface area contributed by atoms with Crippen molar-refractivity contribution >= 4 is 12.0 Å². The Morgan fingerprint density at radius 1 is 1.30 bits per heavy atom. The molecule has 2 amide bonds. The number of urea groups is 1. The number of piperazine rings is 1. The number of nitrogens with zero attached hydrogens (tertiary/aromatic N) is 2. The van der Waals surface area contributed by atoms with Crippen LogP contribution in [0.2, 0.25) is 0 Å². The lowest BCUT2D eigenvalue weighted by atomic mass is 10.0. The smallest absolute Gasteiger partial charge is 0.317 e. The molecule has 0 aromatic carbocycles. The van der Waals surface area contributed by atoms with Crippen molar-refractivity contribution < 1.29 is 19.8 Å². The number of amides is 2. The zero-order valence-electron chi connectivity index (χ0n) is 12.6. The van der Waals surface area contributed by atoms with Gasteiger partial charge in [0.05, 0.1) is 12.0 Å². The number of carbonyl (C=O) groups is 2. The summed E-state index contributed by atoms with van der Waals surface area (Å²) < 4.78 is 0. The Balaban J connectivity index is 2.49. The van der Waals surface area contributed by atoms with Gasteiger partial charge < -0.3 is 20.4 Å². The minimum atomic E-state index is -1.44. The van der Waals surface area contributed by atoms with Gasteiger partial charge in [-0.05, 0) is 27.8 Å². The van der Waals surface area contributed by atoms with Crippen LogP contribution >= 0.6 is 0 Å². The molecule has 7 heteroatoms. The Kier molecular flexibility index (Phi) is 5.35. The highest BCUT2D eigenvalue weighted by molar-refractivity contribution is 5.74. The molecular weight excluding hydrogens is 262 g/mol. The largest absolute Gasteiger partial charge is 0.481 e. The van der Waals surface area contributed by atoms with Gasteiger partial charge in [-0.1, -0.05) is 0 Å². The minimum absolute atomic E-state index is 0.0762. The van der Waals surface area contributed by atoms with E-state index in [1.54, 1.807) is 4.90 Å². The molecule has 0 aliphatic carbocycles. The maximum Gasteiger partial charge on any atom is 0.317 e. The van der Waals surface area contributed by atoms with Crippen molar-refractivity contribution in [3.8, 4) is 0 Å². The number of hydrogen-bond donors (Lipinski definition) is 3. The topological polar surface area (TPSA) is 93.1 Å². The van der Waals surface area contributed by atoms with E-state index in [-0.39, 0.29) is 24.7 Å². The molecule has 0 spiro atoms. The third kappa shape index (κ3) is 4.64. The molecule has 3 unspecified atom stereocenters. The molecule has 3 atom stereocenters. The van der Waals surface area contributed by atoms with Crippen molar-refractivity contribution in [1.82, 2.24) is 15.1 Å². The van der Waals surface area contributed by atoms with Gasteiger partial charge in [0.25, 0.3) is 0 Å². The number of rotatable bonds is 4. The molecule has 1 fully saturated rings. The Labute approximate surface area is 119 Å². The lowest BCUT2D eigenvalue weighted by Crippen LogP contribution is -2.59. The summed E-state index contributed by atoms with van der Waals surface area (Å²) in [6, 6.07) is 0.274. The van der Waals surface area contributed by atoms with E-state index in [2.05, 4.69) is 24.1 Å². The van der Waals surface area contributed by atoms with Crippen LogP contribution in [-0.4, -0.2) is 76.4 Å². The summed E-state index contributed by atoms with van der Waals surface area (Å²) in [7, 11) is 2.03. The molecule has 0 saturated carbocycles. The molecule has 20 heavy (non-hydrogen) atoms. The van der Waals surface area contributed by atoms with E-state index in [9.17, 15) is 14.7 Å². The average Bonchev–Trinajstić information content (AvgIpc) is 2.31. The van der Waals surface area contributed by atoms with Gasteiger partial charge in [0.2, 0.25) is 0 Å². The first kappa shape index (κ1) is 16.7. The number of aliphatic hydroxyl groups is 1. The summed E-state index contributed by atoms with van der Waals surface area (Å²) in [5.74, 6) is -1.09. The van der Waals surface area contributed by atoms with E-state index in [4.69, 9.17) is 5.11 Å². The van der Waals surface area contributed by atoms with Crippen LogP contribution < -0.4 is 5.32 Å². The average molecular weight is 287 g/mol. The molecule has 1 aliphatic rings. The van der Waals surface area contributed by atoms with Gasteiger partial charge in [-0.15, -0.1) is 0 Å². The third-order valence-electron chi connectivity index (χ3n) is 3.80. The molecule has 1 aliphatic heterocycles. The molecule has 0 bridgehead atoms. The summed E-state index contributed by atoms with van der Waals surface area (Å²) in [5.41, 5.74) is -1.44. The van der Waals surface area contributed by atoms with Gasteiger partial charge in [-0.25, -0.2) is 4.79 Å². The number of aliphatic carboxylic acids is 1. The van der Waals surface area contributed by atoms with Gasteiger partial charge >= 0.3 is 12.0 Å². The van der Waals surface area contributed by atoms with E-state index < -0.39 is 18.0 Å². The predicted octanol–water partition coefficient (Wildman–Crippen LogP) is -0.0539. The van der Waals surface area contributed by atoms with E-state index >= 15 is 0 Å². The molecule has 3 N–H and O–H groups in total. The molecule has 0 radical (unpaired) electrons. The molecule has 7 nitrogen and oxygen atoms in total. The van der Waals surface area contributed by atoms with Gasteiger partial charge in [0.1, 0.15) is 0 Å². The number of likely N-dealkylation sites (N-methyl/N-ethyl adjacent to an activating group) is 1. The summed E-state index contributed by atoms with van der Waals surface area (Å²) >= 11 is 0. The zero-order valence-corrected chi connectivity index (χ0v) is 12.6. The molecule has 1 rings (SSSR count). The summed E-state index contributed by atoms with van der Waals surface area (Å²) in [4.78, 5) is 26.6. The Morgan fingerprint density at radius 3 is 2.25 bits per heavy atom. The van der Waals surface area contributed by atoms with Crippen molar-refractivity contribution in [3.05, 3.63) is 0 Å². The first-order valence-corrected chi connectivity index (χ1v) is 6.81. The van der Waals surface area contributed by atoms with Gasteiger partial charge in [0.15, 0.2) is 0 Å². The normalized spacial score (nSPS) is 26.9. The Bertz CT molecular complexity index is 361. The SMILES string of the molecule is CC1CN(C(=O)NCC(C)(O)CC(=O)O)CC(C)N1C. The van der Waals surface area contributed by atoms with E-state index in [0.29, 0.717) is 13.1 Å². The summed E-state index contributed by atoms with van der Waals surface area (Å²) in [6.45, 7) is 6.67. The summed E-state index contributed by atoms with van der Waals surface area (Å²) in [6.07, 6.45) is -0.400. The predicted molar refractivity (Wildman–Crippen MR) is 74.5 cm³/mol. The number of hydrogen-bond acceptors (Lipinski definition) is 4. The Hall–Kier alpha value is -1.34. The third-order valence-corrected chi connectivity index (χ3v) is 3.80. The Morgan fingerprint density at radius 2 is 1.80 bits per heavy atom. The maximum atomic E-state index is 12.1. The van der Waals surface area contributed by atoms with E-state index in [0.717, 1.165) is 0 Å². The van der Waals surface area contributed by atoms with Gasteiger partial charge in [-0.2, -0.15) is 0 Å². The van der Waals surface area contributed by atoms with Crippen LogP contribution in [0.25, 0.3) is 0 Å². The molecule has 116 valence electrons. The zero-order chi connectivity index (χ0) is 15.5. The lowest BCUT2D eigenvalue weighted by Gasteiger charge is -2.42. The van der Waals surface area contributed by atoms with E-state index in [1.807, 2.05) is 7.05 Å². The molecule has 1 saturated heterocycles. The monoisotopic (exact) mass is 287 g/mol. The van der Waals surface area contributed by atoms with Crippen molar-refractivity contribution in [2.45, 2.75) is 44.9 Å². The van der Waals surface area contributed by atoms with Crippen molar-refractivity contribution in [2.75, 3.05) is 26.7 Å². The molecule has 0 aromatic rings. The standard InChI is InChI=1S/C13H25N3O4/c1-9-6-16(7-10(2)15(9)4)12(19)14-8-13(3,20)5-11(17)18/h9-10,20H,5-8H2,1-4H3,(H,14,19)(H,17,18). The second-order valence-electron chi connectivity index (χ2n) is 5.99.